The zero-order valence-electron chi connectivity index (χ0n) is 18.7. The molecular weight excluding hydrogens is 400 g/mol. The third-order valence-corrected chi connectivity index (χ3v) is 5.04. The number of carbonyl (C=O) groups is 1. The molecule has 1 N–H and O–H groups in total. The molecule has 1 amide bonds. The minimum atomic E-state index is -0.471. The van der Waals surface area contributed by atoms with Crippen LogP contribution in [0, 0.1) is 32.1 Å². The van der Waals surface area contributed by atoms with Gasteiger partial charge in [0.25, 0.3) is 5.91 Å². The number of benzene rings is 3. The van der Waals surface area contributed by atoms with Gasteiger partial charge in [-0.3, -0.25) is 4.79 Å². The van der Waals surface area contributed by atoms with Crippen molar-refractivity contribution in [2.75, 3.05) is 12.4 Å². The summed E-state index contributed by atoms with van der Waals surface area (Å²) in [7, 11) is 1.58. The Bertz CT molecular complexity index is 1190. The average Bonchev–Trinajstić information content (AvgIpc) is 2.79. The molecule has 32 heavy (non-hydrogen) atoms. The average molecular weight is 427 g/mol. The van der Waals surface area contributed by atoms with Gasteiger partial charge in [0.1, 0.15) is 29.7 Å². The molecular formula is C27H26N2O3. The van der Waals surface area contributed by atoms with Crippen LogP contribution in [0.15, 0.2) is 66.2 Å². The molecule has 0 radical (unpaired) electrons. The zero-order valence-corrected chi connectivity index (χ0v) is 18.7. The fourth-order valence-corrected chi connectivity index (χ4v) is 3.10. The van der Waals surface area contributed by atoms with Crippen LogP contribution in [-0.2, 0) is 11.4 Å². The van der Waals surface area contributed by atoms with Gasteiger partial charge in [0.05, 0.1) is 7.11 Å². The SMILES string of the molecule is COc1ccc(/C=C(\C#N)C(=O)Nc2cc(C)ccc2C)c(OCc2ccc(C)cc2)c1. The highest BCUT2D eigenvalue weighted by Crippen LogP contribution is 2.28. The topological polar surface area (TPSA) is 71.3 Å². The molecule has 0 unspecified atom stereocenters. The predicted molar refractivity (Wildman–Crippen MR) is 127 cm³/mol. The van der Waals surface area contributed by atoms with Crippen molar-refractivity contribution >= 4 is 17.7 Å². The first kappa shape index (κ1) is 22.6. The lowest BCUT2D eigenvalue weighted by molar-refractivity contribution is -0.112. The molecule has 0 fully saturated rings. The first-order valence-corrected chi connectivity index (χ1v) is 10.3. The third-order valence-electron chi connectivity index (χ3n) is 5.04. The van der Waals surface area contributed by atoms with E-state index in [4.69, 9.17) is 9.47 Å². The molecule has 0 aliphatic carbocycles. The Morgan fingerprint density at radius 3 is 2.41 bits per heavy atom. The Morgan fingerprint density at radius 1 is 1.00 bits per heavy atom. The van der Waals surface area contributed by atoms with Crippen LogP contribution in [0.1, 0.15) is 27.8 Å². The molecule has 5 heteroatoms. The number of ether oxygens (including phenoxy) is 2. The van der Waals surface area contributed by atoms with E-state index in [-0.39, 0.29) is 5.57 Å². The third kappa shape index (κ3) is 5.77. The van der Waals surface area contributed by atoms with E-state index in [2.05, 4.69) is 5.32 Å². The van der Waals surface area contributed by atoms with Crippen molar-refractivity contribution in [3.05, 3.63) is 94.1 Å². The van der Waals surface area contributed by atoms with Crippen molar-refractivity contribution < 1.29 is 14.3 Å². The summed E-state index contributed by atoms with van der Waals surface area (Å²) < 4.78 is 11.3. The van der Waals surface area contributed by atoms with E-state index in [1.807, 2.05) is 69.3 Å². The molecule has 3 aromatic rings. The second kappa shape index (κ2) is 10.3. The Labute approximate surface area is 188 Å². The highest BCUT2D eigenvalue weighted by molar-refractivity contribution is 6.10. The lowest BCUT2D eigenvalue weighted by atomic mass is 10.1. The van der Waals surface area contributed by atoms with Crippen molar-refractivity contribution in [2.24, 2.45) is 0 Å². The standard InChI is InChI=1S/C27H26N2O3/c1-18-6-9-21(10-7-18)17-32-26-15-24(31-4)12-11-22(26)14-23(16-28)27(30)29-25-13-19(2)5-8-20(25)3/h5-15H,17H2,1-4H3,(H,29,30)/b23-14+. The van der Waals surface area contributed by atoms with Gasteiger partial charge in [-0.1, -0.05) is 42.0 Å². The van der Waals surface area contributed by atoms with Gasteiger partial charge in [0.2, 0.25) is 0 Å². The van der Waals surface area contributed by atoms with Crippen LogP contribution in [0.3, 0.4) is 0 Å². The second-order valence-corrected chi connectivity index (χ2v) is 7.62. The van der Waals surface area contributed by atoms with Crippen molar-refractivity contribution in [1.82, 2.24) is 0 Å². The molecule has 3 rings (SSSR count). The maximum atomic E-state index is 12.8. The van der Waals surface area contributed by atoms with E-state index >= 15 is 0 Å². The highest BCUT2D eigenvalue weighted by Gasteiger charge is 2.13. The van der Waals surface area contributed by atoms with E-state index in [1.54, 1.807) is 25.3 Å². The molecule has 162 valence electrons. The number of carbonyl (C=O) groups excluding carboxylic acids is 1. The normalized spacial score (nSPS) is 10.9. The number of aryl methyl sites for hydroxylation is 3. The maximum absolute atomic E-state index is 12.8. The minimum absolute atomic E-state index is 0.0174. The van der Waals surface area contributed by atoms with Crippen molar-refractivity contribution in [3.8, 4) is 17.6 Å². The van der Waals surface area contributed by atoms with Crippen LogP contribution in [0.2, 0.25) is 0 Å². The number of nitrogens with one attached hydrogen (secondary N) is 1. The maximum Gasteiger partial charge on any atom is 0.266 e. The summed E-state index contributed by atoms with van der Waals surface area (Å²) >= 11 is 0. The molecule has 0 aliphatic rings. The van der Waals surface area contributed by atoms with Crippen LogP contribution in [0.4, 0.5) is 5.69 Å². The number of hydrogen-bond donors (Lipinski definition) is 1. The van der Waals surface area contributed by atoms with Crippen molar-refractivity contribution in [2.45, 2.75) is 27.4 Å². The summed E-state index contributed by atoms with van der Waals surface area (Å²) in [5.74, 6) is 0.679. The number of nitriles is 1. The Hall–Kier alpha value is -4.04. The Kier molecular flexibility index (Phi) is 7.30. The molecule has 0 spiro atoms. The number of rotatable bonds is 7. The molecule has 0 bridgehead atoms. The van der Waals surface area contributed by atoms with E-state index in [1.165, 1.54) is 11.6 Å². The summed E-state index contributed by atoms with van der Waals surface area (Å²) in [6.45, 7) is 6.24. The Balaban J connectivity index is 1.87. The molecule has 3 aromatic carbocycles. The highest BCUT2D eigenvalue weighted by atomic mass is 16.5. The predicted octanol–water partition coefficient (Wildman–Crippen LogP) is 5.75. The van der Waals surface area contributed by atoms with Crippen LogP contribution < -0.4 is 14.8 Å². The quantitative estimate of drug-likeness (QED) is 0.386. The molecule has 0 saturated heterocycles. The van der Waals surface area contributed by atoms with Crippen LogP contribution >= 0.6 is 0 Å². The monoisotopic (exact) mass is 426 g/mol. The van der Waals surface area contributed by atoms with Gasteiger partial charge in [-0.2, -0.15) is 5.26 Å². The van der Waals surface area contributed by atoms with E-state index in [0.717, 1.165) is 16.7 Å². The number of anilines is 1. The zero-order chi connectivity index (χ0) is 23.1. The summed E-state index contributed by atoms with van der Waals surface area (Å²) in [6, 6.07) is 21.1. The fourth-order valence-electron chi connectivity index (χ4n) is 3.10. The Morgan fingerprint density at radius 2 is 1.72 bits per heavy atom. The molecule has 5 nitrogen and oxygen atoms in total. The number of nitrogens with zero attached hydrogens (tertiary/aromatic N) is 1. The van der Waals surface area contributed by atoms with Gasteiger partial charge in [0.15, 0.2) is 0 Å². The summed E-state index contributed by atoms with van der Waals surface area (Å²) in [5, 5.41) is 12.5. The van der Waals surface area contributed by atoms with Gasteiger partial charge in [-0.25, -0.2) is 0 Å². The molecule has 0 aromatic heterocycles. The smallest absolute Gasteiger partial charge is 0.266 e. The molecule has 0 atom stereocenters. The first-order valence-electron chi connectivity index (χ1n) is 10.3. The molecule has 0 heterocycles. The van der Waals surface area contributed by atoms with E-state index in [0.29, 0.717) is 29.4 Å². The van der Waals surface area contributed by atoms with Crippen LogP contribution in [-0.4, -0.2) is 13.0 Å². The van der Waals surface area contributed by atoms with E-state index < -0.39 is 5.91 Å². The van der Waals surface area contributed by atoms with Crippen LogP contribution in [0.25, 0.3) is 6.08 Å². The summed E-state index contributed by atoms with van der Waals surface area (Å²) in [6.07, 6.45) is 1.53. The van der Waals surface area contributed by atoms with Gasteiger partial charge in [-0.15, -0.1) is 0 Å². The van der Waals surface area contributed by atoms with Crippen molar-refractivity contribution in [3.63, 3.8) is 0 Å². The van der Waals surface area contributed by atoms with Gasteiger partial charge < -0.3 is 14.8 Å². The summed E-state index contributed by atoms with van der Waals surface area (Å²) in [4.78, 5) is 12.8. The lowest BCUT2D eigenvalue weighted by Gasteiger charge is -2.12. The summed E-state index contributed by atoms with van der Waals surface area (Å²) in [5.41, 5.74) is 5.42. The number of amides is 1. The lowest BCUT2D eigenvalue weighted by Crippen LogP contribution is -2.14. The first-order chi connectivity index (χ1) is 15.4. The molecule has 0 aliphatic heterocycles. The van der Waals surface area contributed by atoms with Crippen LogP contribution in [0.5, 0.6) is 11.5 Å². The minimum Gasteiger partial charge on any atom is -0.497 e. The second-order valence-electron chi connectivity index (χ2n) is 7.62. The van der Waals surface area contributed by atoms with Gasteiger partial charge in [-0.05, 0) is 61.7 Å². The van der Waals surface area contributed by atoms with Crippen molar-refractivity contribution in [1.29, 1.82) is 5.26 Å². The number of methoxy groups -OCH3 is 1. The number of hydrogen-bond acceptors (Lipinski definition) is 4. The van der Waals surface area contributed by atoms with Gasteiger partial charge in [0, 0.05) is 17.3 Å². The fraction of sp³-hybridized carbons (Fsp3) is 0.185. The van der Waals surface area contributed by atoms with E-state index in [9.17, 15) is 10.1 Å². The largest absolute Gasteiger partial charge is 0.497 e. The van der Waals surface area contributed by atoms with Gasteiger partial charge >= 0.3 is 0 Å². The molecule has 0 saturated carbocycles.